The minimum absolute atomic E-state index is 0.0172. The zero-order valence-electron chi connectivity index (χ0n) is 22.0. The number of piperidine rings is 1. The third kappa shape index (κ3) is 8.47. The van der Waals surface area contributed by atoms with Gasteiger partial charge in [-0.15, -0.1) is 0 Å². The second kappa shape index (κ2) is 13.2. The van der Waals surface area contributed by atoms with E-state index < -0.39 is 0 Å². The molecule has 1 fully saturated rings. The monoisotopic (exact) mass is 494 g/mol. The summed E-state index contributed by atoms with van der Waals surface area (Å²) in [6.07, 6.45) is 3.63. The van der Waals surface area contributed by atoms with Crippen molar-refractivity contribution in [2.24, 2.45) is 17.6 Å². The maximum Gasteiger partial charge on any atom is 0.222 e. The molecule has 7 heteroatoms. The van der Waals surface area contributed by atoms with Crippen molar-refractivity contribution in [2.75, 3.05) is 29.9 Å². The number of primary amides is 1. The number of nitrogens with one attached hydrogen (secondary N) is 1. The van der Waals surface area contributed by atoms with Crippen LogP contribution < -0.4 is 16.0 Å². The number of rotatable bonds is 12. The molecule has 1 aliphatic rings. The molecule has 1 unspecified atom stereocenters. The molecule has 0 saturated carbocycles. The predicted molar refractivity (Wildman–Crippen MR) is 146 cm³/mol. The van der Waals surface area contributed by atoms with Gasteiger partial charge in [-0.2, -0.15) is 0 Å². The molecule has 196 valence electrons. The van der Waals surface area contributed by atoms with Gasteiger partial charge in [0.15, 0.2) is 0 Å². The number of aromatic hydroxyl groups is 1. The molecule has 1 atom stereocenters. The molecule has 36 heavy (non-hydrogen) atoms. The summed E-state index contributed by atoms with van der Waals surface area (Å²) >= 11 is 0. The van der Waals surface area contributed by atoms with Gasteiger partial charge in [0.1, 0.15) is 5.75 Å². The molecule has 0 aliphatic carbocycles. The molecule has 3 rings (SSSR count). The van der Waals surface area contributed by atoms with Crippen molar-refractivity contribution < 1.29 is 14.7 Å². The molecule has 1 saturated heterocycles. The Labute approximate surface area is 215 Å². The maximum atomic E-state index is 12.7. The molecular formula is C29H42N4O3. The first-order chi connectivity index (χ1) is 17.2. The zero-order valence-corrected chi connectivity index (χ0v) is 22.0. The molecule has 2 amide bonds. The van der Waals surface area contributed by atoms with Gasteiger partial charge in [0.05, 0.1) is 0 Å². The first-order valence-corrected chi connectivity index (χ1v) is 13.2. The fourth-order valence-corrected chi connectivity index (χ4v) is 4.78. The van der Waals surface area contributed by atoms with Crippen LogP contribution in [-0.2, 0) is 16.1 Å². The number of phenolic OH excluding ortho intramolecular Hbond substituents is 1. The molecule has 0 spiro atoms. The highest BCUT2D eigenvalue weighted by atomic mass is 16.3. The van der Waals surface area contributed by atoms with E-state index in [9.17, 15) is 14.7 Å². The van der Waals surface area contributed by atoms with Gasteiger partial charge in [-0.05, 0) is 73.1 Å². The van der Waals surface area contributed by atoms with Crippen LogP contribution in [0.5, 0.6) is 5.75 Å². The third-order valence-corrected chi connectivity index (χ3v) is 6.91. The molecule has 7 nitrogen and oxygen atoms in total. The van der Waals surface area contributed by atoms with Crippen molar-refractivity contribution in [1.82, 2.24) is 4.90 Å². The van der Waals surface area contributed by atoms with Gasteiger partial charge in [0.25, 0.3) is 0 Å². The van der Waals surface area contributed by atoms with E-state index in [0.717, 1.165) is 50.1 Å². The normalized spacial score (nSPS) is 15.1. The lowest BCUT2D eigenvalue weighted by Gasteiger charge is -2.40. The van der Waals surface area contributed by atoms with Crippen LogP contribution in [0.15, 0.2) is 48.5 Å². The Morgan fingerprint density at radius 3 is 2.25 bits per heavy atom. The smallest absolute Gasteiger partial charge is 0.222 e. The number of amides is 2. The van der Waals surface area contributed by atoms with E-state index >= 15 is 0 Å². The summed E-state index contributed by atoms with van der Waals surface area (Å²) in [5.74, 6) is 0.650. The molecule has 2 aromatic carbocycles. The van der Waals surface area contributed by atoms with Gasteiger partial charge in [-0.1, -0.05) is 32.9 Å². The van der Waals surface area contributed by atoms with Crippen molar-refractivity contribution in [3.8, 4) is 5.75 Å². The molecule has 4 N–H and O–H groups in total. The molecule has 0 radical (unpaired) electrons. The second-order valence-corrected chi connectivity index (χ2v) is 10.5. The summed E-state index contributed by atoms with van der Waals surface area (Å²) < 4.78 is 0. The van der Waals surface area contributed by atoms with Gasteiger partial charge in [0, 0.05) is 56.4 Å². The molecule has 0 bridgehead atoms. The van der Waals surface area contributed by atoms with E-state index in [1.165, 1.54) is 5.69 Å². The summed E-state index contributed by atoms with van der Waals surface area (Å²) in [6, 6.07) is 16.2. The molecule has 2 aromatic rings. The van der Waals surface area contributed by atoms with Crippen molar-refractivity contribution in [3.05, 3.63) is 54.1 Å². The van der Waals surface area contributed by atoms with Crippen LogP contribution in [0.4, 0.5) is 11.4 Å². The number of phenols is 1. The van der Waals surface area contributed by atoms with E-state index in [-0.39, 0.29) is 29.9 Å². The maximum absolute atomic E-state index is 12.7. The van der Waals surface area contributed by atoms with Crippen LogP contribution in [0, 0.1) is 11.8 Å². The highest BCUT2D eigenvalue weighted by Crippen LogP contribution is 2.27. The Bertz CT molecular complexity index is 967. The summed E-state index contributed by atoms with van der Waals surface area (Å²) in [4.78, 5) is 28.3. The summed E-state index contributed by atoms with van der Waals surface area (Å²) in [7, 11) is 0. The number of hydrogen-bond donors (Lipinski definition) is 3. The van der Waals surface area contributed by atoms with Crippen LogP contribution in [0.2, 0.25) is 0 Å². The summed E-state index contributed by atoms with van der Waals surface area (Å²) in [5.41, 5.74) is 8.66. The first-order valence-electron chi connectivity index (χ1n) is 13.2. The van der Waals surface area contributed by atoms with Crippen molar-refractivity contribution in [3.63, 3.8) is 0 Å². The Balaban J connectivity index is 1.58. The molecule has 0 aromatic heterocycles. The van der Waals surface area contributed by atoms with Gasteiger partial charge in [-0.3, -0.25) is 9.59 Å². The number of benzene rings is 2. The highest BCUT2D eigenvalue weighted by molar-refractivity contribution is 5.78. The number of carbonyl (C=O) groups is 2. The largest absolute Gasteiger partial charge is 0.508 e. The summed E-state index contributed by atoms with van der Waals surface area (Å²) in [6.45, 7) is 9.60. The Morgan fingerprint density at radius 2 is 1.67 bits per heavy atom. The van der Waals surface area contributed by atoms with Crippen LogP contribution in [0.1, 0.15) is 58.4 Å². The summed E-state index contributed by atoms with van der Waals surface area (Å²) in [5, 5.41) is 12.9. The highest BCUT2D eigenvalue weighted by Gasteiger charge is 2.28. The van der Waals surface area contributed by atoms with Crippen LogP contribution in [0.25, 0.3) is 0 Å². The first kappa shape index (κ1) is 27.4. The third-order valence-electron chi connectivity index (χ3n) is 6.91. The van der Waals surface area contributed by atoms with E-state index in [0.29, 0.717) is 24.9 Å². The van der Waals surface area contributed by atoms with Crippen LogP contribution in [-0.4, -0.2) is 47.5 Å². The van der Waals surface area contributed by atoms with Crippen LogP contribution in [0.3, 0.4) is 0 Å². The number of nitrogens with two attached hydrogens (primary N) is 1. The average molecular weight is 495 g/mol. The van der Waals surface area contributed by atoms with E-state index in [2.05, 4.69) is 48.3 Å². The average Bonchev–Trinajstić information content (AvgIpc) is 2.84. The van der Waals surface area contributed by atoms with Gasteiger partial charge < -0.3 is 26.0 Å². The second-order valence-electron chi connectivity index (χ2n) is 10.5. The molecular weight excluding hydrogens is 452 g/mol. The van der Waals surface area contributed by atoms with Gasteiger partial charge in [-0.25, -0.2) is 0 Å². The standard InChI is InChI=1S/C29H42N4O3/c1-21(2)12-17-33(26-13-15-32(16-14-26)29(36)19-22(3)18-28(30)35)25-8-6-24(7-9-25)31-20-23-4-10-27(34)11-5-23/h4-11,21-22,26,31,34H,12-20H2,1-3H3,(H2,30,35). The van der Waals surface area contributed by atoms with Gasteiger partial charge in [0.2, 0.25) is 11.8 Å². The minimum Gasteiger partial charge on any atom is -0.508 e. The lowest BCUT2D eigenvalue weighted by Crippen LogP contribution is -2.47. The quantitative estimate of drug-likeness (QED) is 0.396. The lowest BCUT2D eigenvalue weighted by molar-refractivity contribution is -0.133. The lowest BCUT2D eigenvalue weighted by atomic mass is 9.98. The Kier molecular flexibility index (Phi) is 10.0. The molecule has 1 aliphatic heterocycles. The Morgan fingerprint density at radius 1 is 1.03 bits per heavy atom. The number of hydrogen-bond acceptors (Lipinski definition) is 5. The fraction of sp³-hybridized carbons (Fsp3) is 0.517. The number of anilines is 2. The zero-order chi connectivity index (χ0) is 26.1. The van der Waals surface area contributed by atoms with E-state index in [1.54, 1.807) is 12.1 Å². The Hall–Kier alpha value is -3.22. The fourth-order valence-electron chi connectivity index (χ4n) is 4.78. The van der Waals surface area contributed by atoms with Crippen LogP contribution >= 0.6 is 0 Å². The predicted octanol–water partition coefficient (Wildman–Crippen LogP) is 4.75. The van der Waals surface area contributed by atoms with Crippen molar-refractivity contribution >= 4 is 23.2 Å². The SMILES string of the molecule is CC(C)CCN(c1ccc(NCc2ccc(O)cc2)cc1)C1CCN(C(=O)CC(C)CC(N)=O)CC1. The number of carbonyl (C=O) groups excluding carboxylic acids is 2. The number of likely N-dealkylation sites (tertiary alicyclic amines) is 1. The van der Waals surface area contributed by atoms with Gasteiger partial charge >= 0.3 is 0 Å². The van der Waals surface area contributed by atoms with Crippen molar-refractivity contribution in [1.29, 1.82) is 0 Å². The topological polar surface area (TPSA) is 98.9 Å². The van der Waals surface area contributed by atoms with Crippen molar-refractivity contribution in [2.45, 2.75) is 65.5 Å². The van der Waals surface area contributed by atoms with E-state index in [1.807, 2.05) is 24.0 Å². The van der Waals surface area contributed by atoms with E-state index in [4.69, 9.17) is 5.73 Å². The minimum atomic E-state index is -0.351. The molecule has 1 heterocycles. The number of nitrogens with zero attached hydrogens (tertiary/aromatic N) is 2.